The van der Waals surface area contributed by atoms with Gasteiger partial charge < -0.3 is 19.6 Å². The molecular formula is C25H29N5O. The summed E-state index contributed by atoms with van der Waals surface area (Å²) in [6.45, 7) is 3.59. The van der Waals surface area contributed by atoms with Crippen molar-refractivity contribution in [3.63, 3.8) is 0 Å². The van der Waals surface area contributed by atoms with Crippen LogP contribution in [-0.2, 0) is 6.54 Å². The van der Waals surface area contributed by atoms with Crippen LogP contribution >= 0.6 is 0 Å². The quantitative estimate of drug-likeness (QED) is 0.491. The maximum absolute atomic E-state index is 13.2. The molecule has 5 rings (SSSR count). The number of benzene rings is 1. The van der Waals surface area contributed by atoms with Crippen molar-refractivity contribution in [2.75, 3.05) is 6.54 Å². The van der Waals surface area contributed by atoms with Gasteiger partial charge in [-0.3, -0.25) is 4.79 Å². The molecule has 1 amide bonds. The Morgan fingerprint density at radius 2 is 2.10 bits per heavy atom. The van der Waals surface area contributed by atoms with E-state index in [-0.39, 0.29) is 11.9 Å². The smallest absolute Gasteiger partial charge is 0.289 e. The van der Waals surface area contributed by atoms with E-state index in [4.69, 9.17) is 0 Å². The number of H-pyrrole nitrogens is 1. The maximum Gasteiger partial charge on any atom is 0.289 e. The van der Waals surface area contributed by atoms with Gasteiger partial charge in [-0.1, -0.05) is 18.2 Å². The highest BCUT2D eigenvalue weighted by molar-refractivity contribution is 5.94. The van der Waals surface area contributed by atoms with Gasteiger partial charge in [0.2, 0.25) is 0 Å². The number of hydrogen-bond acceptors (Lipinski definition) is 3. The average Bonchev–Trinajstić information content (AvgIpc) is 3.45. The summed E-state index contributed by atoms with van der Waals surface area (Å²) in [5, 5.41) is 3.73. The van der Waals surface area contributed by atoms with Crippen molar-refractivity contribution in [1.82, 2.24) is 24.6 Å². The first-order chi connectivity index (χ1) is 15.2. The number of nitrogens with zero attached hydrogens (tertiary/aromatic N) is 3. The number of para-hydroxylation sites is 2. The third kappa shape index (κ3) is 4.08. The van der Waals surface area contributed by atoms with Crippen molar-refractivity contribution in [2.45, 2.75) is 51.2 Å². The highest BCUT2D eigenvalue weighted by Gasteiger charge is 2.30. The molecular weight excluding hydrogens is 386 g/mol. The molecule has 1 saturated carbocycles. The van der Waals surface area contributed by atoms with Crippen LogP contribution in [0.1, 0.15) is 48.8 Å². The zero-order valence-corrected chi connectivity index (χ0v) is 17.9. The molecule has 6 nitrogen and oxygen atoms in total. The van der Waals surface area contributed by atoms with E-state index >= 15 is 0 Å². The van der Waals surface area contributed by atoms with Crippen molar-refractivity contribution < 1.29 is 4.79 Å². The van der Waals surface area contributed by atoms with Gasteiger partial charge in [-0.25, -0.2) is 4.98 Å². The Bertz CT molecular complexity index is 1160. The molecule has 0 saturated heterocycles. The number of aromatic nitrogens is 3. The van der Waals surface area contributed by atoms with E-state index in [1.54, 1.807) is 0 Å². The van der Waals surface area contributed by atoms with Crippen LogP contribution in [-0.4, -0.2) is 43.8 Å². The number of hydrogen-bond donors (Lipinski definition) is 2. The molecule has 2 atom stereocenters. The first-order valence-electron chi connectivity index (χ1n) is 11.3. The van der Waals surface area contributed by atoms with Gasteiger partial charge in [0.05, 0.1) is 11.0 Å². The third-order valence-electron chi connectivity index (χ3n) is 6.46. The number of imidazole rings is 1. The fourth-order valence-electron chi connectivity index (χ4n) is 4.84. The van der Waals surface area contributed by atoms with Gasteiger partial charge in [-0.15, -0.1) is 0 Å². The van der Waals surface area contributed by atoms with E-state index in [1.165, 1.54) is 11.1 Å². The number of rotatable bonds is 6. The molecule has 0 radical (unpaired) electrons. The van der Waals surface area contributed by atoms with Gasteiger partial charge in [-0.05, 0) is 68.5 Å². The minimum atomic E-state index is 0.00223. The molecule has 0 spiro atoms. The zero-order valence-electron chi connectivity index (χ0n) is 17.9. The molecule has 0 bridgehead atoms. The Hall–Kier alpha value is -3.12. The van der Waals surface area contributed by atoms with Crippen LogP contribution in [0, 0.1) is 0 Å². The van der Waals surface area contributed by atoms with Crippen molar-refractivity contribution >= 4 is 22.5 Å². The maximum atomic E-state index is 13.2. The second-order valence-electron chi connectivity index (χ2n) is 8.47. The summed E-state index contributed by atoms with van der Waals surface area (Å²) in [5.41, 5.74) is 4.23. The highest BCUT2D eigenvalue weighted by atomic mass is 16.2. The van der Waals surface area contributed by atoms with Crippen molar-refractivity contribution in [1.29, 1.82) is 0 Å². The number of carbonyl (C=O) groups is 1. The number of nitrogens with one attached hydrogen (secondary N) is 2. The van der Waals surface area contributed by atoms with Crippen LogP contribution < -0.4 is 5.32 Å². The van der Waals surface area contributed by atoms with Crippen LogP contribution in [0.5, 0.6) is 0 Å². The first-order valence-corrected chi connectivity index (χ1v) is 11.3. The van der Waals surface area contributed by atoms with E-state index in [2.05, 4.69) is 63.3 Å². The topological polar surface area (TPSA) is 65.4 Å². The molecule has 4 aromatic rings. The molecule has 3 aromatic heterocycles. The molecule has 2 unspecified atom stereocenters. The van der Waals surface area contributed by atoms with E-state index in [9.17, 15) is 4.79 Å². The standard InChI is InChI=1S/C25H29N5O/c1-2-30(25(31)24-27-22-10-3-4-11-23(22)28-24)21-8-5-7-19(15-21)26-16-18-12-13-20-9-6-14-29(20)17-18/h3-4,6,9-14,17,19,21,26H,2,5,7-8,15-16H2,1H3,(H,27,28). The van der Waals surface area contributed by atoms with E-state index in [0.717, 1.165) is 43.3 Å². The van der Waals surface area contributed by atoms with E-state index in [1.807, 2.05) is 29.2 Å². The molecule has 1 fully saturated rings. The molecule has 160 valence electrons. The molecule has 1 aliphatic rings. The molecule has 0 aliphatic heterocycles. The summed E-state index contributed by atoms with van der Waals surface area (Å²) in [7, 11) is 0. The van der Waals surface area contributed by atoms with Crippen molar-refractivity contribution in [2.24, 2.45) is 0 Å². The van der Waals surface area contributed by atoms with Crippen LogP contribution in [0.15, 0.2) is 60.9 Å². The Balaban J connectivity index is 1.25. The second kappa shape index (κ2) is 8.55. The predicted octanol–water partition coefficient (Wildman–Crippen LogP) is 4.38. The molecule has 1 aliphatic carbocycles. The number of pyridine rings is 1. The van der Waals surface area contributed by atoms with Crippen LogP contribution in [0.25, 0.3) is 16.6 Å². The third-order valence-corrected chi connectivity index (χ3v) is 6.46. The monoisotopic (exact) mass is 415 g/mol. The molecule has 31 heavy (non-hydrogen) atoms. The summed E-state index contributed by atoms with van der Waals surface area (Å²) in [4.78, 5) is 23.0. The summed E-state index contributed by atoms with van der Waals surface area (Å²) < 4.78 is 2.16. The molecule has 2 N–H and O–H groups in total. The fourth-order valence-corrected chi connectivity index (χ4v) is 4.84. The fraction of sp³-hybridized carbons (Fsp3) is 0.360. The van der Waals surface area contributed by atoms with E-state index < -0.39 is 0 Å². The number of aromatic amines is 1. The first kappa shape index (κ1) is 19.8. The summed E-state index contributed by atoms with van der Waals surface area (Å²) in [6, 6.07) is 17.0. The van der Waals surface area contributed by atoms with Gasteiger partial charge in [-0.2, -0.15) is 0 Å². The van der Waals surface area contributed by atoms with Gasteiger partial charge in [0.1, 0.15) is 0 Å². The largest absolute Gasteiger partial charge is 0.334 e. The number of fused-ring (bicyclic) bond motifs is 2. The SMILES string of the molecule is CCN(C(=O)c1nc2ccccc2[nH]1)C1CCCC(NCc2ccc3cccn3c2)C1. The van der Waals surface area contributed by atoms with Crippen molar-refractivity contribution in [3.05, 3.63) is 72.3 Å². The normalized spacial score (nSPS) is 19.1. The molecule has 6 heteroatoms. The average molecular weight is 416 g/mol. The van der Waals surface area contributed by atoms with Gasteiger partial charge in [0, 0.05) is 43.1 Å². The Kier molecular flexibility index (Phi) is 5.47. The lowest BCUT2D eigenvalue weighted by atomic mass is 9.89. The lowest BCUT2D eigenvalue weighted by molar-refractivity contribution is 0.0617. The Morgan fingerprint density at radius 1 is 1.19 bits per heavy atom. The molecule has 3 heterocycles. The lowest BCUT2D eigenvalue weighted by Gasteiger charge is -2.37. The van der Waals surface area contributed by atoms with Crippen LogP contribution in [0.3, 0.4) is 0 Å². The summed E-state index contributed by atoms with van der Waals surface area (Å²) >= 11 is 0. The Morgan fingerprint density at radius 3 is 2.97 bits per heavy atom. The summed E-state index contributed by atoms with van der Waals surface area (Å²) in [6.07, 6.45) is 8.57. The predicted molar refractivity (Wildman–Crippen MR) is 123 cm³/mol. The van der Waals surface area contributed by atoms with Crippen molar-refractivity contribution in [3.8, 4) is 0 Å². The van der Waals surface area contributed by atoms with Crippen LogP contribution in [0.2, 0.25) is 0 Å². The van der Waals surface area contributed by atoms with Gasteiger partial charge in [0.25, 0.3) is 5.91 Å². The van der Waals surface area contributed by atoms with Gasteiger partial charge >= 0.3 is 0 Å². The minimum absolute atomic E-state index is 0.00223. The van der Waals surface area contributed by atoms with E-state index in [0.29, 0.717) is 18.4 Å². The van der Waals surface area contributed by atoms with Gasteiger partial charge in [0.15, 0.2) is 5.82 Å². The minimum Gasteiger partial charge on any atom is -0.334 e. The lowest BCUT2D eigenvalue weighted by Crippen LogP contribution is -2.47. The number of amides is 1. The molecule has 1 aromatic carbocycles. The second-order valence-corrected chi connectivity index (χ2v) is 8.47. The van der Waals surface area contributed by atoms with Crippen LogP contribution in [0.4, 0.5) is 0 Å². The summed E-state index contributed by atoms with van der Waals surface area (Å²) in [5.74, 6) is 0.445. The Labute approximate surface area is 182 Å². The highest BCUT2D eigenvalue weighted by Crippen LogP contribution is 2.25. The number of carbonyl (C=O) groups excluding carboxylic acids is 1. The zero-order chi connectivity index (χ0) is 21.2.